The van der Waals surface area contributed by atoms with Gasteiger partial charge in [0.15, 0.2) is 0 Å². The van der Waals surface area contributed by atoms with Gasteiger partial charge in [0.25, 0.3) is 0 Å². The van der Waals surface area contributed by atoms with Gasteiger partial charge in [0.05, 0.1) is 23.4 Å². The third-order valence-electron chi connectivity index (χ3n) is 4.48. The number of carbonyl (C=O) groups excluding carboxylic acids is 1. The summed E-state index contributed by atoms with van der Waals surface area (Å²) in [6.07, 6.45) is 5.10. The molecule has 4 rings (SSSR count). The SMILES string of the molecule is C[C@@H]1C/C(=C/c2ccco2)c2nc3ccccc3c(C(=O)[O-])c2C1. The van der Waals surface area contributed by atoms with Crippen molar-refractivity contribution in [1.82, 2.24) is 4.98 Å². The predicted molar refractivity (Wildman–Crippen MR) is 90.1 cm³/mol. The number of hydrogen-bond acceptors (Lipinski definition) is 4. The van der Waals surface area contributed by atoms with Crippen LogP contribution in [-0.4, -0.2) is 11.0 Å². The second-order valence-corrected chi connectivity index (χ2v) is 6.32. The first-order valence-electron chi connectivity index (χ1n) is 8.01. The molecule has 0 aliphatic heterocycles. The molecule has 1 aliphatic rings. The van der Waals surface area contributed by atoms with Gasteiger partial charge in [0.2, 0.25) is 0 Å². The Labute approximate surface area is 139 Å². The minimum absolute atomic E-state index is 0.271. The number of nitrogens with zero attached hydrogens (tertiary/aromatic N) is 1. The third-order valence-corrected chi connectivity index (χ3v) is 4.48. The average Bonchev–Trinajstić information content (AvgIpc) is 3.05. The Balaban J connectivity index is 2.02. The maximum atomic E-state index is 11.8. The van der Waals surface area contributed by atoms with Crippen molar-refractivity contribution in [2.75, 3.05) is 0 Å². The van der Waals surface area contributed by atoms with Crippen LogP contribution in [0.15, 0.2) is 47.1 Å². The van der Waals surface area contributed by atoms with Crippen LogP contribution in [0.4, 0.5) is 0 Å². The van der Waals surface area contributed by atoms with Crippen LogP contribution in [0.5, 0.6) is 0 Å². The molecule has 2 aromatic heterocycles. The number of carboxylic acids is 1. The highest BCUT2D eigenvalue weighted by molar-refractivity contribution is 6.05. The zero-order chi connectivity index (χ0) is 16.7. The Bertz CT molecular complexity index is 954. The van der Waals surface area contributed by atoms with Crippen LogP contribution in [0.2, 0.25) is 0 Å². The molecule has 0 spiro atoms. The van der Waals surface area contributed by atoms with Crippen LogP contribution in [-0.2, 0) is 6.42 Å². The van der Waals surface area contributed by atoms with E-state index in [1.165, 1.54) is 0 Å². The summed E-state index contributed by atoms with van der Waals surface area (Å²) >= 11 is 0. The van der Waals surface area contributed by atoms with Gasteiger partial charge in [-0.2, -0.15) is 0 Å². The van der Waals surface area contributed by atoms with Crippen molar-refractivity contribution >= 4 is 28.5 Å². The molecule has 0 fully saturated rings. The number of benzene rings is 1. The highest BCUT2D eigenvalue weighted by atomic mass is 16.4. The summed E-state index contributed by atoms with van der Waals surface area (Å²) in [5, 5.41) is 12.5. The Kier molecular flexibility index (Phi) is 3.45. The minimum atomic E-state index is -1.14. The maximum Gasteiger partial charge on any atom is 0.126 e. The van der Waals surface area contributed by atoms with Gasteiger partial charge < -0.3 is 14.3 Å². The Morgan fingerprint density at radius 2 is 2.08 bits per heavy atom. The molecular weight excluding hydrogens is 302 g/mol. The lowest BCUT2D eigenvalue weighted by atomic mass is 9.81. The summed E-state index contributed by atoms with van der Waals surface area (Å²) in [6, 6.07) is 11.0. The van der Waals surface area contributed by atoms with Gasteiger partial charge in [-0.3, -0.25) is 0 Å². The lowest BCUT2D eigenvalue weighted by Crippen LogP contribution is -2.27. The van der Waals surface area contributed by atoms with Crippen molar-refractivity contribution in [1.29, 1.82) is 0 Å². The molecule has 0 unspecified atom stereocenters. The molecule has 0 saturated carbocycles. The lowest BCUT2D eigenvalue weighted by Gasteiger charge is -2.27. The number of carbonyl (C=O) groups is 1. The molecule has 3 aromatic rings. The molecule has 0 saturated heterocycles. The van der Waals surface area contributed by atoms with Crippen LogP contribution < -0.4 is 5.11 Å². The van der Waals surface area contributed by atoms with Gasteiger partial charge in [0.1, 0.15) is 5.76 Å². The van der Waals surface area contributed by atoms with Crippen molar-refractivity contribution < 1.29 is 14.3 Å². The normalized spacial score (nSPS) is 18.7. The van der Waals surface area contributed by atoms with Crippen molar-refractivity contribution in [2.45, 2.75) is 19.8 Å². The molecular formula is C20H16NO3-. The van der Waals surface area contributed by atoms with Crippen LogP contribution in [0.25, 0.3) is 22.6 Å². The molecule has 4 nitrogen and oxygen atoms in total. The summed E-state index contributed by atoms with van der Waals surface area (Å²) < 4.78 is 5.42. The first-order valence-corrected chi connectivity index (χ1v) is 8.01. The van der Waals surface area contributed by atoms with Crippen molar-refractivity contribution in [3.05, 3.63) is 65.2 Å². The number of hydrogen-bond donors (Lipinski definition) is 0. The van der Waals surface area contributed by atoms with Gasteiger partial charge in [-0.25, -0.2) is 4.98 Å². The quantitative estimate of drug-likeness (QED) is 0.727. The number of rotatable bonds is 2. The molecule has 0 amide bonds. The van der Waals surface area contributed by atoms with Crippen LogP contribution >= 0.6 is 0 Å². The predicted octanol–water partition coefficient (Wildman–Crippen LogP) is 3.31. The van der Waals surface area contributed by atoms with Gasteiger partial charge in [-0.1, -0.05) is 25.1 Å². The van der Waals surface area contributed by atoms with E-state index in [1.54, 1.807) is 12.3 Å². The zero-order valence-electron chi connectivity index (χ0n) is 13.3. The molecule has 4 heteroatoms. The van der Waals surface area contributed by atoms with E-state index in [0.29, 0.717) is 23.2 Å². The fourth-order valence-corrected chi connectivity index (χ4v) is 3.51. The summed E-state index contributed by atoms with van der Waals surface area (Å²) in [4.78, 5) is 16.6. The van der Waals surface area contributed by atoms with Crippen molar-refractivity contribution in [3.8, 4) is 0 Å². The van der Waals surface area contributed by atoms with E-state index >= 15 is 0 Å². The topological polar surface area (TPSA) is 66.2 Å². The number of allylic oxidation sites excluding steroid dienone is 1. The number of aromatic carboxylic acids is 1. The highest BCUT2D eigenvalue weighted by Crippen LogP contribution is 2.38. The Hall–Kier alpha value is -2.88. The van der Waals surface area contributed by atoms with Gasteiger partial charge in [-0.05, 0) is 54.2 Å². The average molecular weight is 318 g/mol. The summed E-state index contributed by atoms with van der Waals surface area (Å²) in [7, 11) is 0. The fourth-order valence-electron chi connectivity index (χ4n) is 3.51. The molecule has 2 heterocycles. The van der Waals surface area contributed by atoms with E-state index in [-0.39, 0.29) is 5.56 Å². The second-order valence-electron chi connectivity index (χ2n) is 6.32. The standard InChI is InChI=1S/C20H17NO3/c1-12-9-13(11-14-5-4-8-24-14)19-16(10-12)18(20(22)23)15-6-2-3-7-17(15)21-19/h2-8,11-12H,9-10H2,1H3,(H,22,23)/p-1/b13-11-/t12-/m1/s1. The van der Waals surface area contributed by atoms with E-state index in [2.05, 4.69) is 6.92 Å². The summed E-state index contributed by atoms with van der Waals surface area (Å²) in [6.45, 7) is 2.12. The van der Waals surface area contributed by atoms with Crippen LogP contribution in [0, 0.1) is 5.92 Å². The van der Waals surface area contributed by atoms with Crippen LogP contribution in [0.1, 0.15) is 40.7 Å². The number of furan rings is 1. The van der Waals surface area contributed by atoms with E-state index in [4.69, 9.17) is 9.40 Å². The summed E-state index contributed by atoms with van der Waals surface area (Å²) in [5.74, 6) is -0.0638. The molecule has 0 N–H and O–H groups in total. The molecule has 1 aromatic carbocycles. The monoisotopic (exact) mass is 318 g/mol. The third kappa shape index (κ3) is 2.40. The number of aromatic nitrogens is 1. The molecule has 1 aliphatic carbocycles. The maximum absolute atomic E-state index is 11.8. The van der Waals surface area contributed by atoms with E-state index in [1.807, 2.05) is 36.4 Å². The molecule has 0 radical (unpaired) electrons. The molecule has 120 valence electrons. The van der Waals surface area contributed by atoms with E-state index in [9.17, 15) is 9.90 Å². The molecule has 1 atom stereocenters. The second kappa shape index (κ2) is 5.64. The molecule has 0 bridgehead atoms. The lowest BCUT2D eigenvalue weighted by molar-refractivity contribution is -0.254. The fraction of sp³-hybridized carbons (Fsp3) is 0.200. The van der Waals surface area contributed by atoms with E-state index < -0.39 is 5.97 Å². The Morgan fingerprint density at radius 3 is 2.83 bits per heavy atom. The van der Waals surface area contributed by atoms with Crippen molar-refractivity contribution in [3.63, 3.8) is 0 Å². The van der Waals surface area contributed by atoms with Gasteiger partial charge >= 0.3 is 0 Å². The van der Waals surface area contributed by atoms with Crippen molar-refractivity contribution in [2.24, 2.45) is 5.92 Å². The minimum Gasteiger partial charge on any atom is -0.545 e. The first-order chi connectivity index (χ1) is 11.6. The molecule has 24 heavy (non-hydrogen) atoms. The summed E-state index contributed by atoms with van der Waals surface area (Å²) in [5.41, 5.74) is 3.47. The zero-order valence-corrected chi connectivity index (χ0v) is 13.3. The number of para-hydroxylation sites is 1. The number of fused-ring (bicyclic) bond motifs is 2. The smallest absolute Gasteiger partial charge is 0.126 e. The largest absolute Gasteiger partial charge is 0.545 e. The first kappa shape index (κ1) is 14.7. The van der Waals surface area contributed by atoms with E-state index in [0.717, 1.165) is 29.0 Å². The number of carboxylic acid groups (broad SMARTS) is 1. The number of pyridine rings is 1. The Morgan fingerprint density at radius 1 is 1.25 bits per heavy atom. The van der Waals surface area contributed by atoms with Crippen LogP contribution in [0.3, 0.4) is 0 Å². The highest BCUT2D eigenvalue weighted by Gasteiger charge is 2.25. The van der Waals surface area contributed by atoms with Gasteiger partial charge in [-0.15, -0.1) is 0 Å². The van der Waals surface area contributed by atoms with Gasteiger partial charge in [0, 0.05) is 10.9 Å².